The Bertz CT molecular complexity index is 1720. The van der Waals surface area contributed by atoms with Crippen LogP contribution in [0.5, 0.6) is 17.4 Å². The molecule has 2 aromatic heterocycles. The molecule has 0 unspecified atom stereocenters. The summed E-state index contributed by atoms with van der Waals surface area (Å²) in [4.78, 5) is 29.2. The van der Waals surface area contributed by atoms with E-state index in [0.717, 1.165) is 28.4 Å². The van der Waals surface area contributed by atoms with Gasteiger partial charge in [-0.25, -0.2) is 18.6 Å². The summed E-state index contributed by atoms with van der Waals surface area (Å²) < 4.78 is 70.6. The summed E-state index contributed by atoms with van der Waals surface area (Å²) in [7, 11) is -3.00. The number of pyridine rings is 1. The van der Waals surface area contributed by atoms with Crippen molar-refractivity contribution in [3.63, 3.8) is 0 Å². The van der Waals surface area contributed by atoms with Crippen LogP contribution < -0.4 is 20.7 Å². The molecule has 18 heteroatoms. The maximum atomic E-state index is 13.5. The third-order valence-corrected chi connectivity index (χ3v) is 8.61. The molecular formula is C23H22Cl2F2N5O8S+. The van der Waals surface area contributed by atoms with E-state index in [2.05, 4.69) is 16.8 Å². The molecule has 0 amide bonds. The Kier molecular flexibility index (Phi) is 8.52. The minimum Gasteiger partial charge on any atom is -0.464 e. The predicted molar refractivity (Wildman–Crippen MR) is 140 cm³/mol. The van der Waals surface area contributed by atoms with Crippen LogP contribution in [0.1, 0.15) is 31.9 Å². The van der Waals surface area contributed by atoms with Gasteiger partial charge in [0.25, 0.3) is 12.0 Å². The number of methoxy groups -OCH3 is 1. The van der Waals surface area contributed by atoms with Crippen molar-refractivity contribution in [3.05, 3.63) is 61.0 Å². The molecular weight excluding hydrogens is 615 g/mol. The maximum absolute atomic E-state index is 13.5. The van der Waals surface area contributed by atoms with Crippen molar-refractivity contribution in [1.29, 1.82) is 0 Å². The number of aromatic amines is 1. The van der Waals surface area contributed by atoms with Crippen LogP contribution in [0.2, 0.25) is 10.0 Å². The molecule has 41 heavy (non-hydrogen) atoms. The Morgan fingerprint density at radius 2 is 1.90 bits per heavy atom. The molecule has 1 aromatic carbocycles. The van der Waals surface area contributed by atoms with E-state index in [1.165, 1.54) is 7.11 Å². The van der Waals surface area contributed by atoms with Gasteiger partial charge < -0.3 is 19.3 Å². The number of rotatable bonds is 10. The van der Waals surface area contributed by atoms with Gasteiger partial charge in [-0.3, -0.25) is 9.78 Å². The van der Waals surface area contributed by atoms with Gasteiger partial charge in [0.2, 0.25) is 5.88 Å². The highest BCUT2D eigenvalue weighted by atomic mass is 35.5. The molecule has 13 nitrogen and oxygen atoms in total. The first kappa shape index (κ1) is 30.5. The number of alkyl halides is 2. The molecule has 1 aliphatic carbocycles. The number of benzene rings is 1. The second kappa shape index (κ2) is 11.4. The molecule has 3 aromatic rings. The summed E-state index contributed by atoms with van der Waals surface area (Å²) in [5, 5.41) is 12.6. The van der Waals surface area contributed by atoms with E-state index in [0.29, 0.717) is 4.68 Å². The summed E-state index contributed by atoms with van der Waals surface area (Å²) in [6.45, 7) is 5.01. The lowest BCUT2D eigenvalue weighted by molar-refractivity contribution is -0.487. The van der Waals surface area contributed by atoms with Gasteiger partial charge in [-0.1, -0.05) is 23.2 Å². The van der Waals surface area contributed by atoms with E-state index in [9.17, 15) is 31.9 Å². The topological polar surface area (TPSA) is 166 Å². The first-order valence-corrected chi connectivity index (χ1v) is 13.7. The molecule has 0 spiro atoms. The van der Waals surface area contributed by atoms with Gasteiger partial charge in [0, 0.05) is 32.9 Å². The Balaban J connectivity index is 1.73. The second-order valence-corrected chi connectivity index (χ2v) is 11.8. The van der Waals surface area contributed by atoms with Gasteiger partial charge in [-0.2, -0.15) is 18.2 Å². The maximum Gasteiger partial charge on any atom is 0.398 e. The van der Waals surface area contributed by atoms with E-state index in [1.54, 1.807) is 11.9 Å². The smallest absolute Gasteiger partial charge is 0.398 e. The number of aromatic nitrogens is 4. The molecule has 0 atom stereocenters. The monoisotopic (exact) mass is 636 g/mol. The molecule has 4 rings (SSSR count). The van der Waals surface area contributed by atoms with Crippen LogP contribution in [-0.2, 0) is 14.8 Å². The highest BCUT2D eigenvalue weighted by Gasteiger charge is 2.53. The molecule has 0 aliphatic heterocycles. The van der Waals surface area contributed by atoms with Crippen molar-refractivity contribution in [3.8, 4) is 23.1 Å². The van der Waals surface area contributed by atoms with Crippen molar-refractivity contribution in [2.24, 2.45) is 0 Å². The Hall–Kier alpha value is -3.44. The lowest BCUT2D eigenvalue weighted by atomic mass is 9.76. The van der Waals surface area contributed by atoms with Gasteiger partial charge in [0.15, 0.2) is 34.4 Å². The zero-order valence-corrected chi connectivity index (χ0v) is 23.6. The normalized spacial score (nSPS) is 18.7. The minimum atomic E-state index is -4.33. The van der Waals surface area contributed by atoms with Crippen LogP contribution in [0.4, 0.5) is 8.78 Å². The molecule has 1 aliphatic rings. The van der Waals surface area contributed by atoms with E-state index in [4.69, 9.17) is 37.4 Å². The number of hydrogen-bond acceptors (Lipinski definition) is 10. The second-order valence-electron chi connectivity index (χ2n) is 9.13. The molecule has 0 radical (unpaired) electrons. The number of halogens is 4. The zero-order chi connectivity index (χ0) is 30.3. The van der Waals surface area contributed by atoms with Crippen LogP contribution in [0.3, 0.4) is 0 Å². The van der Waals surface area contributed by atoms with E-state index in [-0.39, 0.29) is 57.6 Å². The largest absolute Gasteiger partial charge is 0.464 e. The fourth-order valence-corrected chi connectivity index (χ4v) is 6.20. The van der Waals surface area contributed by atoms with Crippen LogP contribution >= 0.6 is 23.2 Å². The Morgan fingerprint density at radius 3 is 2.46 bits per heavy atom. The van der Waals surface area contributed by atoms with E-state index >= 15 is 0 Å². The standard InChI is InChI=1S/C23H21Cl2F2N5O8S/c1-23(7-12(33)8-23)31(2)41(36,37)16-6-17(28-9-15(16)39-10-38-3)40-19-13(24)4-11(5-14(19)25)32-22(35)29-21(34)18(30-32)20(26)27/h4-6,9,12,20,33H,2,7-8,10H2,1,3H3/p+1. The van der Waals surface area contributed by atoms with Gasteiger partial charge >= 0.3 is 15.7 Å². The van der Waals surface area contributed by atoms with Crippen LogP contribution in [-0.4, -0.2) is 69.5 Å². The van der Waals surface area contributed by atoms with E-state index < -0.39 is 45.0 Å². The molecule has 1 fully saturated rings. The molecule has 0 bridgehead atoms. The van der Waals surface area contributed by atoms with Gasteiger partial charge in [0.1, 0.15) is 6.72 Å². The molecule has 2 N–H and O–H groups in total. The lowest BCUT2D eigenvalue weighted by Gasteiger charge is -2.37. The highest BCUT2D eigenvalue weighted by Crippen LogP contribution is 2.41. The number of hydrogen-bond donors (Lipinski definition) is 2. The van der Waals surface area contributed by atoms with Crippen molar-refractivity contribution < 1.29 is 40.5 Å². The first-order chi connectivity index (χ1) is 19.2. The van der Waals surface area contributed by atoms with Crippen LogP contribution in [0, 0.1) is 0 Å². The zero-order valence-electron chi connectivity index (χ0n) is 21.3. The van der Waals surface area contributed by atoms with Crippen molar-refractivity contribution in [1.82, 2.24) is 19.7 Å². The fourth-order valence-electron chi connectivity index (χ4n) is 4.06. The fraction of sp³-hybridized carbons (Fsp3) is 0.348. The number of ether oxygens (including phenoxy) is 3. The predicted octanol–water partition coefficient (Wildman–Crippen LogP) is 2.65. The third kappa shape index (κ3) is 5.97. The lowest BCUT2D eigenvalue weighted by Crippen LogP contribution is -2.54. The van der Waals surface area contributed by atoms with Crippen molar-refractivity contribution >= 4 is 39.9 Å². The summed E-state index contributed by atoms with van der Waals surface area (Å²) in [6, 6.07) is 3.23. The summed E-state index contributed by atoms with van der Waals surface area (Å²) >= 11 is 12.6. The number of sulfonamides is 1. The summed E-state index contributed by atoms with van der Waals surface area (Å²) in [5.41, 5.74) is -4.82. The number of nitrogens with zero attached hydrogens (tertiary/aromatic N) is 4. The van der Waals surface area contributed by atoms with Gasteiger partial charge in [0.05, 0.1) is 28.0 Å². The van der Waals surface area contributed by atoms with Crippen molar-refractivity contribution in [2.45, 2.75) is 42.7 Å². The Labute approximate surface area is 240 Å². The van der Waals surface area contributed by atoms with Gasteiger partial charge in [-0.05, 0) is 12.1 Å². The highest BCUT2D eigenvalue weighted by molar-refractivity contribution is 7.85. The number of aliphatic hydroxyl groups is 1. The van der Waals surface area contributed by atoms with E-state index in [1.807, 2.05) is 0 Å². The number of H-pyrrole nitrogens is 1. The molecule has 220 valence electrons. The third-order valence-electron chi connectivity index (χ3n) is 6.15. The van der Waals surface area contributed by atoms with Crippen LogP contribution in [0.25, 0.3) is 5.69 Å². The quantitative estimate of drug-likeness (QED) is 0.192. The van der Waals surface area contributed by atoms with Crippen molar-refractivity contribution in [2.75, 3.05) is 13.9 Å². The summed E-state index contributed by atoms with van der Waals surface area (Å²) in [6.07, 6.45) is -2.53. The average Bonchev–Trinajstić information content (AvgIpc) is 2.88. The molecule has 0 saturated heterocycles. The minimum absolute atomic E-state index is 0.169. The summed E-state index contributed by atoms with van der Waals surface area (Å²) in [5.74, 6) is -0.704. The van der Waals surface area contributed by atoms with Crippen LogP contribution in [0.15, 0.2) is 38.9 Å². The SMILES string of the molecule is C=[N+](C1(C)CC(O)C1)S(=O)(=O)c1cc(Oc2c(Cl)cc(-n3nc(C(F)F)c(=O)[nH]c3=O)cc2Cl)ncc1OCOC. The molecule has 1 saturated carbocycles. The number of aliphatic hydroxyl groups excluding tert-OH is 1. The molecule has 2 heterocycles. The van der Waals surface area contributed by atoms with Gasteiger partial charge in [-0.15, -0.1) is 3.98 Å². The first-order valence-electron chi connectivity index (χ1n) is 11.5. The Morgan fingerprint density at radius 1 is 1.27 bits per heavy atom. The average molecular weight is 637 g/mol. The number of nitrogens with one attached hydrogen (secondary N) is 1.